The molecule has 0 aliphatic carbocycles. The summed E-state index contributed by atoms with van der Waals surface area (Å²) in [6, 6.07) is 7.28. The molecule has 0 spiro atoms. The van der Waals surface area contributed by atoms with Crippen LogP contribution in [-0.4, -0.2) is 47.3 Å². The fraction of sp³-hybridized carbons (Fsp3) is 0.250. The van der Waals surface area contributed by atoms with Gasteiger partial charge in [-0.3, -0.25) is 4.79 Å². The number of hydrogen-bond donors (Lipinski definition) is 2. The monoisotopic (exact) mass is 331 g/mol. The summed E-state index contributed by atoms with van der Waals surface area (Å²) in [5.74, 6) is -0.903. The minimum atomic E-state index is -1.19. The Morgan fingerprint density at radius 2 is 1.75 bits per heavy atom. The van der Waals surface area contributed by atoms with Gasteiger partial charge in [-0.05, 0) is 17.7 Å². The van der Waals surface area contributed by atoms with E-state index in [1.807, 2.05) is 12.1 Å². The van der Waals surface area contributed by atoms with Crippen molar-refractivity contribution < 1.29 is 24.2 Å². The first-order chi connectivity index (χ1) is 11.6. The fourth-order valence-corrected chi connectivity index (χ4v) is 1.78. The first kappa shape index (κ1) is 17.4. The van der Waals surface area contributed by atoms with Gasteiger partial charge in [-0.25, -0.2) is 14.8 Å². The highest BCUT2D eigenvalue weighted by molar-refractivity contribution is 5.92. The maximum atomic E-state index is 11.9. The van der Waals surface area contributed by atoms with Gasteiger partial charge in [-0.15, -0.1) is 0 Å². The molecule has 0 unspecified atom stereocenters. The van der Waals surface area contributed by atoms with Gasteiger partial charge in [0.2, 0.25) is 0 Å². The molecule has 8 heteroatoms. The van der Waals surface area contributed by atoms with Gasteiger partial charge < -0.3 is 19.9 Å². The van der Waals surface area contributed by atoms with Crippen LogP contribution in [0.15, 0.2) is 36.7 Å². The second kappa shape index (κ2) is 8.59. The van der Waals surface area contributed by atoms with Gasteiger partial charge in [0.1, 0.15) is 18.1 Å². The fourth-order valence-electron chi connectivity index (χ4n) is 1.78. The van der Waals surface area contributed by atoms with E-state index < -0.39 is 11.9 Å². The lowest BCUT2D eigenvalue weighted by Crippen LogP contribution is -2.24. The molecule has 8 nitrogen and oxygen atoms in total. The predicted molar refractivity (Wildman–Crippen MR) is 84.0 cm³/mol. The lowest BCUT2D eigenvalue weighted by Gasteiger charge is -2.08. The summed E-state index contributed by atoms with van der Waals surface area (Å²) in [6.07, 6.45) is 2.18. The van der Waals surface area contributed by atoms with Gasteiger partial charge in [0.25, 0.3) is 5.91 Å². The number of carboxylic acid groups (broad SMARTS) is 1. The molecule has 24 heavy (non-hydrogen) atoms. The summed E-state index contributed by atoms with van der Waals surface area (Å²) in [5.41, 5.74) is 0.729. The van der Waals surface area contributed by atoms with Gasteiger partial charge in [0.15, 0.2) is 5.69 Å². The SMILES string of the molecule is COCCOc1ccc(CNC(=O)c2cnc(C(=O)O)cn2)cc1. The third-order valence-corrected chi connectivity index (χ3v) is 3.04. The number of carbonyl (C=O) groups is 2. The number of benzene rings is 1. The van der Waals surface area contributed by atoms with E-state index in [9.17, 15) is 9.59 Å². The summed E-state index contributed by atoms with van der Waals surface area (Å²) < 4.78 is 10.3. The van der Waals surface area contributed by atoms with Crippen molar-refractivity contribution >= 4 is 11.9 Å². The van der Waals surface area contributed by atoms with E-state index in [-0.39, 0.29) is 11.4 Å². The van der Waals surface area contributed by atoms with Crippen molar-refractivity contribution in [3.63, 3.8) is 0 Å². The number of methoxy groups -OCH3 is 1. The van der Waals surface area contributed by atoms with Crippen molar-refractivity contribution in [3.05, 3.63) is 53.6 Å². The van der Waals surface area contributed by atoms with Crippen LogP contribution in [-0.2, 0) is 11.3 Å². The molecule has 2 rings (SSSR count). The number of aromatic nitrogens is 2. The average Bonchev–Trinajstić information content (AvgIpc) is 2.61. The first-order valence-electron chi connectivity index (χ1n) is 7.14. The molecule has 1 aromatic carbocycles. The van der Waals surface area contributed by atoms with Crippen LogP contribution >= 0.6 is 0 Å². The van der Waals surface area contributed by atoms with E-state index in [4.69, 9.17) is 14.6 Å². The molecule has 0 aliphatic rings. The molecule has 0 atom stereocenters. The topological polar surface area (TPSA) is 111 Å². The van der Waals surface area contributed by atoms with E-state index >= 15 is 0 Å². The van der Waals surface area contributed by atoms with Gasteiger partial charge in [0, 0.05) is 13.7 Å². The number of nitrogens with zero attached hydrogens (tertiary/aromatic N) is 2. The maximum Gasteiger partial charge on any atom is 0.356 e. The molecular weight excluding hydrogens is 314 g/mol. The number of amides is 1. The Labute approximate surface area is 138 Å². The van der Waals surface area contributed by atoms with Crippen molar-refractivity contribution in [2.24, 2.45) is 0 Å². The number of carboxylic acids is 1. The van der Waals surface area contributed by atoms with Crippen LogP contribution in [0.3, 0.4) is 0 Å². The molecule has 0 fully saturated rings. The standard InChI is InChI=1S/C16H17N3O5/c1-23-6-7-24-12-4-2-11(3-5-12)8-19-15(20)13-9-18-14(10-17-13)16(21)22/h2-5,9-10H,6-8H2,1H3,(H,19,20)(H,21,22). The van der Waals surface area contributed by atoms with Crippen LogP contribution in [0.1, 0.15) is 26.5 Å². The van der Waals surface area contributed by atoms with E-state index in [0.717, 1.165) is 23.7 Å². The number of nitrogens with one attached hydrogen (secondary N) is 1. The third kappa shape index (κ3) is 5.03. The number of ether oxygens (including phenoxy) is 2. The molecule has 1 amide bonds. The molecule has 0 bridgehead atoms. The van der Waals surface area contributed by atoms with Crippen LogP contribution < -0.4 is 10.1 Å². The lowest BCUT2D eigenvalue weighted by molar-refractivity contribution is 0.0689. The molecule has 0 saturated carbocycles. The zero-order valence-electron chi connectivity index (χ0n) is 13.1. The number of aromatic carboxylic acids is 1. The Kier molecular flexibility index (Phi) is 6.21. The summed E-state index contributed by atoms with van der Waals surface area (Å²) in [5, 5.41) is 11.4. The van der Waals surface area contributed by atoms with Gasteiger partial charge in [0.05, 0.1) is 19.0 Å². The highest BCUT2D eigenvalue weighted by Crippen LogP contribution is 2.12. The highest BCUT2D eigenvalue weighted by atomic mass is 16.5. The summed E-state index contributed by atoms with van der Waals surface area (Å²) >= 11 is 0. The molecular formula is C16H17N3O5. The second-order valence-electron chi connectivity index (χ2n) is 4.76. The first-order valence-corrected chi connectivity index (χ1v) is 7.14. The van der Waals surface area contributed by atoms with Gasteiger partial charge >= 0.3 is 5.97 Å². The Bertz CT molecular complexity index is 686. The molecule has 0 radical (unpaired) electrons. The Balaban J connectivity index is 1.85. The predicted octanol–water partition coefficient (Wildman–Crippen LogP) is 1.13. The molecule has 2 N–H and O–H groups in total. The number of carbonyl (C=O) groups excluding carboxylic acids is 1. The normalized spacial score (nSPS) is 10.2. The minimum Gasteiger partial charge on any atom is -0.491 e. The molecule has 1 heterocycles. The van der Waals surface area contributed by atoms with Crippen LogP contribution in [0, 0.1) is 0 Å². The van der Waals surface area contributed by atoms with Crippen molar-refractivity contribution in [1.82, 2.24) is 15.3 Å². The summed E-state index contributed by atoms with van der Waals surface area (Å²) in [6.45, 7) is 1.29. The van der Waals surface area contributed by atoms with Crippen LogP contribution in [0.2, 0.25) is 0 Å². The number of hydrogen-bond acceptors (Lipinski definition) is 6. The largest absolute Gasteiger partial charge is 0.491 e. The minimum absolute atomic E-state index is 0.0551. The quantitative estimate of drug-likeness (QED) is 0.698. The summed E-state index contributed by atoms with van der Waals surface area (Å²) in [7, 11) is 1.61. The zero-order valence-corrected chi connectivity index (χ0v) is 13.1. The van der Waals surface area contributed by atoms with E-state index in [1.54, 1.807) is 19.2 Å². The van der Waals surface area contributed by atoms with Crippen molar-refractivity contribution in [2.75, 3.05) is 20.3 Å². The lowest BCUT2D eigenvalue weighted by atomic mass is 10.2. The zero-order chi connectivity index (χ0) is 17.4. The average molecular weight is 331 g/mol. The van der Waals surface area contributed by atoms with Crippen LogP contribution in [0.25, 0.3) is 0 Å². The van der Waals surface area contributed by atoms with Crippen molar-refractivity contribution in [3.8, 4) is 5.75 Å². The Hall–Kier alpha value is -3.00. The van der Waals surface area contributed by atoms with E-state index in [1.165, 1.54) is 0 Å². The smallest absolute Gasteiger partial charge is 0.356 e. The molecule has 0 saturated heterocycles. The number of rotatable bonds is 8. The maximum absolute atomic E-state index is 11.9. The molecule has 0 aliphatic heterocycles. The molecule has 126 valence electrons. The molecule has 2 aromatic rings. The highest BCUT2D eigenvalue weighted by Gasteiger charge is 2.10. The van der Waals surface area contributed by atoms with E-state index in [0.29, 0.717) is 19.8 Å². The molecule has 1 aromatic heterocycles. The van der Waals surface area contributed by atoms with Gasteiger partial charge in [-0.1, -0.05) is 12.1 Å². The van der Waals surface area contributed by atoms with Gasteiger partial charge in [-0.2, -0.15) is 0 Å². The van der Waals surface area contributed by atoms with E-state index in [2.05, 4.69) is 15.3 Å². The van der Waals surface area contributed by atoms with Crippen molar-refractivity contribution in [1.29, 1.82) is 0 Å². The Morgan fingerprint density at radius 1 is 1.08 bits per heavy atom. The third-order valence-electron chi connectivity index (χ3n) is 3.04. The summed E-state index contributed by atoms with van der Waals surface area (Å²) in [4.78, 5) is 30.1. The van der Waals surface area contributed by atoms with Crippen LogP contribution in [0.5, 0.6) is 5.75 Å². The van der Waals surface area contributed by atoms with Crippen molar-refractivity contribution in [2.45, 2.75) is 6.54 Å². The van der Waals surface area contributed by atoms with Crippen LogP contribution in [0.4, 0.5) is 0 Å². The second-order valence-corrected chi connectivity index (χ2v) is 4.76. The Morgan fingerprint density at radius 3 is 2.33 bits per heavy atom.